The molecule has 2 aromatic rings. The van der Waals surface area contributed by atoms with Gasteiger partial charge in [0.1, 0.15) is 5.03 Å². The summed E-state index contributed by atoms with van der Waals surface area (Å²) in [4.78, 5) is 4.56. The summed E-state index contributed by atoms with van der Waals surface area (Å²) in [5.41, 5.74) is 6.61. The van der Waals surface area contributed by atoms with E-state index in [1.165, 1.54) is 5.56 Å². The third kappa shape index (κ3) is 3.28. The molecule has 106 valence electrons. The Bertz CT molecular complexity index is 619. The summed E-state index contributed by atoms with van der Waals surface area (Å²) < 4.78 is 26.7. The predicted molar refractivity (Wildman–Crippen MR) is 77.8 cm³/mol. The van der Waals surface area contributed by atoms with Crippen molar-refractivity contribution >= 4 is 17.6 Å². The number of anilines is 1. The van der Waals surface area contributed by atoms with Crippen molar-refractivity contribution in [2.75, 3.05) is 5.73 Å². The lowest BCUT2D eigenvalue weighted by Crippen LogP contribution is -2.10. The fourth-order valence-corrected chi connectivity index (χ4v) is 2.47. The molecule has 1 heterocycles. The van der Waals surface area contributed by atoms with E-state index in [0.717, 1.165) is 22.7 Å². The number of halogens is 2. The van der Waals surface area contributed by atoms with Gasteiger partial charge in [0, 0.05) is 11.0 Å². The fraction of sp³-hybridized carbons (Fsp3) is 0.267. The van der Waals surface area contributed by atoms with E-state index in [1.54, 1.807) is 0 Å². The van der Waals surface area contributed by atoms with Gasteiger partial charge in [0.25, 0.3) is 0 Å². The molecule has 5 heteroatoms. The van der Waals surface area contributed by atoms with E-state index in [1.807, 2.05) is 24.3 Å². The SMILES string of the molecule is CC(C)(C)c1ccc(Sc2nc(N)c(F)cc2F)cc1. The maximum Gasteiger partial charge on any atom is 0.168 e. The third-order valence-electron chi connectivity index (χ3n) is 2.86. The standard InChI is InChI=1S/C15H16F2N2S/c1-15(2,3)9-4-6-10(7-5-9)20-14-12(17)8-11(16)13(18)19-14/h4-8H,1-3H3,(H2,18,19). The minimum Gasteiger partial charge on any atom is -0.381 e. The molecule has 0 amide bonds. The summed E-state index contributed by atoms with van der Waals surface area (Å²) in [6, 6.07) is 8.53. The zero-order valence-electron chi connectivity index (χ0n) is 11.6. The second kappa shape index (κ2) is 5.40. The summed E-state index contributed by atoms with van der Waals surface area (Å²) in [6.45, 7) is 6.37. The molecule has 0 aliphatic rings. The van der Waals surface area contributed by atoms with Gasteiger partial charge in [-0.15, -0.1) is 0 Å². The molecule has 20 heavy (non-hydrogen) atoms. The Labute approximate surface area is 121 Å². The lowest BCUT2D eigenvalue weighted by atomic mass is 9.87. The van der Waals surface area contributed by atoms with Crippen LogP contribution >= 0.6 is 11.8 Å². The Morgan fingerprint density at radius 1 is 1.05 bits per heavy atom. The fourth-order valence-electron chi connectivity index (χ4n) is 1.67. The number of hydrogen-bond acceptors (Lipinski definition) is 3. The number of benzene rings is 1. The molecule has 0 unspecified atom stereocenters. The minimum atomic E-state index is -0.838. The normalized spacial score (nSPS) is 11.7. The molecule has 0 spiro atoms. The highest BCUT2D eigenvalue weighted by Gasteiger charge is 2.14. The van der Waals surface area contributed by atoms with Gasteiger partial charge in [-0.1, -0.05) is 44.7 Å². The van der Waals surface area contributed by atoms with Crippen LogP contribution in [0.4, 0.5) is 14.6 Å². The lowest BCUT2D eigenvalue weighted by molar-refractivity contribution is 0.552. The Balaban J connectivity index is 2.25. The van der Waals surface area contributed by atoms with E-state index in [0.29, 0.717) is 0 Å². The van der Waals surface area contributed by atoms with Crippen LogP contribution in [0.25, 0.3) is 0 Å². The molecule has 2 rings (SSSR count). The molecule has 0 saturated carbocycles. The molecule has 0 fully saturated rings. The van der Waals surface area contributed by atoms with E-state index in [4.69, 9.17) is 5.73 Å². The first-order valence-electron chi connectivity index (χ1n) is 6.17. The van der Waals surface area contributed by atoms with Gasteiger partial charge in [-0.05, 0) is 23.1 Å². The molecule has 0 aliphatic heterocycles. The second-order valence-electron chi connectivity index (χ2n) is 5.52. The summed E-state index contributed by atoms with van der Waals surface area (Å²) >= 11 is 1.12. The summed E-state index contributed by atoms with van der Waals surface area (Å²) in [6.07, 6.45) is 0. The maximum atomic E-state index is 13.6. The molecule has 0 radical (unpaired) electrons. The first-order chi connectivity index (χ1) is 9.27. The average molecular weight is 294 g/mol. The zero-order valence-corrected chi connectivity index (χ0v) is 12.4. The molecule has 1 aromatic heterocycles. The molecular formula is C15H16F2N2S. The number of rotatable bonds is 2. The quantitative estimate of drug-likeness (QED) is 0.892. The summed E-state index contributed by atoms with van der Waals surface area (Å²) in [5.74, 6) is -1.84. The number of aromatic nitrogens is 1. The van der Waals surface area contributed by atoms with Crippen LogP contribution < -0.4 is 5.73 Å². The van der Waals surface area contributed by atoms with Gasteiger partial charge in [-0.2, -0.15) is 0 Å². The van der Waals surface area contributed by atoms with Crippen molar-refractivity contribution in [3.8, 4) is 0 Å². The topological polar surface area (TPSA) is 38.9 Å². The molecule has 0 saturated heterocycles. The van der Waals surface area contributed by atoms with E-state index in [2.05, 4.69) is 25.8 Å². The van der Waals surface area contributed by atoms with Crippen molar-refractivity contribution in [1.82, 2.24) is 4.98 Å². The van der Waals surface area contributed by atoms with E-state index >= 15 is 0 Å². The average Bonchev–Trinajstić information content (AvgIpc) is 2.35. The van der Waals surface area contributed by atoms with Crippen LogP contribution in [-0.4, -0.2) is 4.98 Å². The Kier molecular flexibility index (Phi) is 3.99. The van der Waals surface area contributed by atoms with Crippen LogP contribution in [0.5, 0.6) is 0 Å². The van der Waals surface area contributed by atoms with Crippen LogP contribution in [0.15, 0.2) is 40.3 Å². The number of hydrogen-bond donors (Lipinski definition) is 1. The number of pyridine rings is 1. The van der Waals surface area contributed by atoms with Crippen molar-refractivity contribution in [3.05, 3.63) is 47.5 Å². The molecule has 2 nitrogen and oxygen atoms in total. The van der Waals surface area contributed by atoms with Gasteiger partial charge in [0.2, 0.25) is 0 Å². The van der Waals surface area contributed by atoms with Crippen molar-refractivity contribution in [2.45, 2.75) is 36.1 Å². The van der Waals surface area contributed by atoms with E-state index in [-0.39, 0.29) is 16.3 Å². The van der Waals surface area contributed by atoms with Gasteiger partial charge in [0.15, 0.2) is 17.5 Å². The van der Waals surface area contributed by atoms with Crippen LogP contribution in [0.3, 0.4) is 0 Å². The molecule has 0 aliphatic carbocycles. The van der Waals surface area contributed by atoms with Gasteiger partial charge in [0.05, 0.1) is 0 Å². The number of nitrogen functional groups attached to an aromatic ring is 1. The van der Waals surface area contributed by atoms with Gasteiger partial charge < -0.3 is 5.73 Å². The van der Waals surface area contributed by atoms with E-state index < -0.39 is 11.6 Å². The highest BCUT2D eigenvalue weighted by atomic mass is 32.2. The number of nitrogens with two attached hydrogens (primary N) is 1. The van der Waals surface area contributed by atoms with Gasteiger partial charge >= 0.3 is 0 Å². The highest BCUT2D eigenvalue weighted by Crippen LogP contribution is 2.31. The first-order valence-corrected chi connectivity index (χ1v) is 6.99. The van der Waals surface area contributed by atoms with Crippen LogP contribution in [-0.2, 0) is 5.41 Å². The maximum absolute atomic E-state index is 13.6. The third-order valence-corrected chi connectivity index (χ3v) is 3.85. The number of nitrogens with zero attached hydrogens (tertiary/aromatic N) is 1. The Hall–Kier alpha value is -1.62. The minimum absolute atomic E-state index is 0.0625. The smallest absolute Gasteiger partial charge is 0.168 e. The highest BCUT2D eigenvalue weighted by molar-refractivity contribution is 7.99. The van der Waals surface area contributed by atoms with E-state index in [9.17, 15) is 8.78 Å². The Morgan fingerprint density at radius 2 is 1.65 bits per heavy atom. The molecule has 0 bridgehead atoms. The van der Waals surface area contributed by atoms with Gasteiger partial charge in [-0.3, -0.25) is 0 Å². The van der Waals surface area contributed by atoms with Crippen molar-refractivity contribution in [1.29, 1.82) is 0 Å². The molecule has 0 atom stereocenters. The van der Waals surface area contributed by atoms with Gasteiger partial charge in [-0.25, -0.2) is 13.8 Å². The van der Waals surface area contributed by atoms with Crippen LogP contribution in [0.2, 0.25) is 0 Å². The summed E-state index contributed by atoms with van der Waals surface area (Å²) in [7, 11) is 0. The van der Waals surface area contributed by atoms with Crippen LogP contribution in [0.1, 0.15) is 26.3 Å². The second-order valence-corrected chi connectivity index (χ2v) is 6.58. The zero-order chi connectivity index (χ0) is 14.9. The van der Waals surface area contributed by atoms with Crippen molar-refractivity contribution in [2.24, 2.45) is 0 Å². The lowest BCUT2D eigenvalue weighted by Gasteiger charge is -2.19. The monoisotopic (exact) mass is 294 g/mol. The molecular weight excluding hydrogens is 278 g/mol. The molecule has 1 aromatic carbocycles. The summed E-state index contributed by atoms with van der Waals surface area (Å²) in [5, 5.41) is 0.0763. The Morgan fingerprint density at radius 3 is 2.20 bits per heavy atom. The molecule has 2 N–H and O–H groups in total. The first kappa shape index (κ1) is 14.8. The largest absolute Gasteiger partial charge is 0.381 e. The predicted octanol–water partition coefficient (Wildman–Crippen LogP) is 4.39. The van der Waals surface area contributed by atoms with Crippen molar-refractivity contribution in [3.63, 3.8) is 0 Å². The van der Waals surface area contributed by atoms with Crippen molar-refractivity contribution < 1.29 is 8.78 Å². The van der Waals surface area contributed by atoms with Crippen LogP contribution in [0, 0.1) is 11.6 Å².